The van der Waals surface area contributed by atoms with E-state index in [1.807, 2.05) is 49.3 Å². The highest BCUT2D eigenvalue weighted by molar-refractivity contribution is 5.81. The summed E-state index contributed by atoms with van der Waals surface area (Å²) in [5.41, 5.74) is 3.90. The van der Waals surface area contributed by atoms with Crippen LogP contribution in [0.3, 0.4) is 0 Å². The molecule has 5 rings (SSSR count). The van der Waals surface area contributed by atoms with Gasteiger partial charge in [0.1, 0.15) is 5.82 Å². The molecule has 1 aromatic heterocycles. The van der Waals surface area contributed by atoms with Crippen LogP contribution in [0.5, 0.6) is 0 Å². The molecule has 0 bridgehead atoms. The molecular weight excluding hydrogens is 390 g/mol. The van der Waals surface area contributed by atoms with Crippen LogP contribution >= 0.6 is 0 Å². The highest BCUT2D eigenvalue weighted by Crippen LogP contribution is 2.35. The molecule has 0 spiro atoms. The number of hydrogen-bond acceptors (Lipinski definition) is 4. The summed E-state index contributed by atoms with van der Waals surface area (Å²) >= 11 is 0. The molecule has 3 aromatic rings. The molecule has 2 aromatic carbocycles. The van der Waals surface area contributed by atoms with Crippen molar-refractivity contribution >= 4 is 11.6 Å². The number of nitrogens with one attached hydrogen (secondary N) is 1. The van der Waals surface area contributed by atoms with E-state index in [-0.39, 0.29) is 23.4 Å². The second-order valence-electron chi connectivity index (χ2n) is 8.76. The number of nitrogens with zero attached hydrogens (tertiary/aromatic N) is 4. The first-order valence-electron chi connectivity index (χ1n) is 10.9. The van der Waals surface area contributed by atoms with E-state index in [1.165, 1.54) is 0 Å². The monoisotopic (exact) mass is 417 g/mol. The number of carbonyl (C=O) groups is 1. The van der Waals surface area contributed by atoms with E-state index in [4.69, 9.17) is 0 Å². The lowest BCUT2D eigenvalue weighted by Gasteiger charge is -2.16. The van der Waals surface area contributed by atoms with E-state index < -0.39 is 0 Å². The Labute approximate surface area is 181 Å². The Bertz CT molecular complexity index is 1160. The summed E-state index contributed by atoms with van der Waals surface area (Å²) in [6.45, 7) is 1.37. The lowest BCUT2D eigenvalue weighted by atomic mass is 10.0. The van der Waals surface area contributed by atoms with E-state index >= 15 is 0 Å². The van der Waals surface area contributed by atoms with Crippen LogP contribution in [-0.2, 0) is 4.79 Å². The topological polar surface area (TPSA) is 74.2 Å². The second-order valence-corrected chi connectivity index (χ2v) is 8.76. The van der Waals surface area contributed by atoms with Crippen LogP contribution in [0.15, 0.2) is 53.3 Å². The number of anilines is 1. The van der Waals surface area contributed by atoms with Crippen LogP contribution in [-0.4, -0.2) is 52.8 Å². The van der Waals surface area contributed by atoms with Crippen molar-refractivity contribution in [3.05, 3.63) is 64.8 Å². The average Bonchev–Trinajstić information content (AvgIpc) is 3.40. The Hall–Kier alpha value is -3.35. The fourth-order valence-electron chi connectivity index (χ4n) is 4.36. The summed E-state index contributed by atoms with van der Waals surface area (Å²) < 4.78 is 1.65. The number of benzene rings is 2. The van der Waals surface area contributed by atoms with Crippen molar-refractivity contribution in [2.75, 3.05) is 32.1 Å². The van der Waals surface area contributed by atoms with Crippen molar-refractivity contribution in [2.24, 2.45) is 5.92 Å². The van der Waals surface area contributed by atoms with Gasteiger partial charge < -0.3 is 9.80 Å². The number of aromatic nitrogens is 3. The summed E-state index contributed by atoms with van der Waals surface area (Å²) in [6, 6.07) is 16.3. The van der Waals surface area contributed by atoms with Crippen molar-refractivity contribution < 1.29 is 4.79 Å². The fourth-order valence-corrected chi connectivity index (χ4v) is 4.36. The Morgan fingerprint density at radius 2 is 1.84 bits per heavy atom. The van der Waals surface area contributed by atoms with Gasteiger partial charge in [0, 0.05) is 44.7 Å². The quantitative estimate of drug-likeness (QED) is 0.693. The minimum Gasteiger partial charge on any atom is -0.378 e. The molecule has 1 atom stereocenters. The van der Waals surface area contributed by atoms with Gasteiger partial charge in [-0.1, -0.05) is 24.3 Å². The number of amides is 1. The lowest BCUT2D eigenvalue weighted by Crippen LogP contribution is -2.30. The van der Waals surface area contributed by atoms with Gasteiger partial charge in [0.15, 0.2) is 0 Å². The number of rotatable bonds is 5. The maximum atomic E-state index is 12.6. The maximum Gasteiger partial charge on any atom is 0.347 e. The molecule has 7 heteroatoms. The number of hydrogen-bond donors (Lipinski definition) is 1. The van der Waals surface area contributed by atoms with E-state index in [1.54, 1.807) is 4.57 Å². The number of aromatic amines is 1. The van der Waals surface area contributed by atoms with Gasteiger partial charge in [-0.3, -0.25) is 4.79 Å². The smallest absolute Gasteiger partial charge is 0.347 e. The number of carbonyl (C=O) groups excluding carboxylic acids is 1. The third kappa shape index (κ3) is 3.76. The zero-order valence-corrected chi connectivity index (χ0v) is 17.9. The molecule has 2 heterocycles. The maximum absolute atomic E-state index is 12.6. The molecule has 1 saturated heterocycles. The zero-order chi connectivity index (χ0) is 21.5. The molecule has 0 radical (unpaired) electrons. The molecule has 1 N–H and O–H groups in total. The third-order valence-corrected chi connectivity index (χ3v) is 6.31. The third-order valence-electron chi connectivity index (χ3n) is 6.31. The van der Waals surface area contributed by atoms with Crippen molar-refractivity contribution in [3.63, 3.8) is 0 Å². The summed E-state index contributed by atoms with van der Waals surface area (Å²) in [5, 5.41) is 6.93. The number of H-pyrrole nitrogens is 1. The normalized spacial score (nSPS) is 18.4. The molecule has 2 aliphatic rings. The highest BCUT2D eigenvalue weighted by atomic mass is 16.2. The SMILES string of the molecule is CN(C)c1cccc(-c2ccc(-n3c(C4CCN(C(=O)C5CC5)C4)n[nH]c3=O)cc2)c1. The minimum atomic E-state index is -0.246. The minimum absolute atomic E-state index is 0.0677. The largest absolute Gasteiger partial charge is 0.378 e. The summed E-state index contributed by atoms with van der Waals surface area (Å²) in [7, 11) is 4.05. The Balaban J connectivity index is 1.40. The van der Waals surface area contributed by atoms with Crippen molar-refractivity contribution in [1.82, 2.24) is 19.7 Å². The fraction of sp³-hybridized carbons (Fsp3) is 0.375. The summed E-state index contributed by atoms with van der Waals surface area (Å²) in [5.74, 6) is 1.26. The Morgan fingerprint density at radius 3 is 2.55 bits per heavy atom. The van der Waals surface area contributed by atoms with Crippen LogP contribution < -0.4 is 10.6 Å². The van der Waals surface area contributed by atoms with E-state index in [0.717, 1.165) is 48.3 Å². The number of likely N-dealkylation sites (tertiary alicyclic amines) is 1. The molecule has 7 nitrogen and oxygen atoms in total. The van der Waals surface area contributed by atoms with Crippen LogP contribution in [0.25, 0.3) is 16.8 Å². The van der Waals surface area contributed by atoms with Crippen LogP contribution in [0.4, 0.5) is 5.69 Å². The molecule has 2 fully saturated rings. The molecule has 160 valence electrons. The van der Waals surface area contributed by atoms with Gasteiger partial charge in [0.05, 0.1) is 5.69 Å². The van der Waals surface area contributed by atoms with E-state index in [2.05, 4.69) is 33.3 Å². The lowest BCUT2D eigenvalue weighted by molar-refractivity contribution is -0.131. The van der Waals surface area contributed by atoms with Gasteiger partial charge in [-0.25, -0.2) is 14.5 Å². The Morgan fingerprint density at radius 1 is 1.06 bits per heavy atom. The molecule has 1 aliphatic heterocycles. The molecule has 1 amide bonds. The van der Waals surface area contributed by atoms with Gasteiger partial charge in [0.2, 0.25) is 5.91 Å². The van der Waals surface area contributed by atoms with E-state index in [9.17, 15) is 9.59 Å². The van der Waals surface area contributed by atoms with Crippen LogP contribution in [0, 0.1) is 5.92 Å². The van der Waals surface area contributed by atoms with Crippen molar-refractivity contribution in [3.8, 4) is 16.8 Å². The first-order chi connectivity index (χ1) is 15.0. The molecular formula is C24H27N5O2. The highest BCUT2D eigenvalue weighted by Gasteiger charge is 2.38. The summed E-state index contributed by atoms with van der Waals surface area (Å²) in [4.78, 5) is 29.0. The Kier molecular flexibility index (Phi) is 4.88. The van der Waals surface area contributed by atoms with Gasteiger partial charge in [-0.05, 0) is 54.7 Å². The molecule has 1 aliphatic carbocycles. The second kappa shape index (κ2) is 7.72. The predicted octanol–water partition coefficient (Wildman–Crippen LogP) is 3.02. The van der Waals surface area contributed by atoms with Crippen LogP contribution in [0.2, 0.25) is 0 Å². The predicted molar refractivity (Wildman–Crippen MR) is 121 cm³/mol. The van der Waals surface area contributed by atoms with Gasteiger partial charge >= 0.3 is 5.69 Å². The van der Waals surface area contributed by atoms with Crippen molar-refractivity contribution in [2.45, 2.75) is 25.2 Å². The van der Waals surface area contributed by atoms with Crippen molar-refractivity contribution in [1.29, 1.82) is 0 Å². The first kappa shape index (κ1) is 19.6. The first-order valence-corrected chi connectivity index (χ1v) is 10.9. The summed E-state index contributed by atoms with van der Waals surface area (Å²) in [6.07, 6.45) is 2.85. The van der Waals surface area contributed by atoms with Gasteiger partial charge in [-0.15, -0.1) is 0 Å². The zero-order valence-electron chi connectivity index (χ0n) is 17.9. The standard InChI is InChI=1S/C24H27N5O2/c1-27(2)21-5-3-4-18(14-21)16-8-10-20(11-9-16)29-22(25-26-24(29)31)19-12-13-28(15-19)23(30)17-6-7-17/h3-5,8-11,14,17,19H,6-7,12-13,15H2,1-2H3,(H,26,31). The van der Waals surface area contributed by atoms with E-state index in [0.29, 0.717) is 12.4 Å². The molecule has 1 unspecified atom stereocenters. The molecule has 31 heavy (non-hydrogen) atoms. The van der Waals surface area contributed by atoms with Gasteiger partial charge in [0.25, 0.3) is 0 Å². The van der Waals surface area contributed by atoms with Gasteiger partial charge in [-0.2, -0.15) is 5.10 Å². The molecule has 1 saturated carbocycles. The average molecular weight is 418 g/mol. The van der Waals surface area contributed by atoms with Crippen LogP contribution in [0.1, 0.15) is 31.0 Å².